The van der Waals surface area contributed by atoms with E-state index in [1.54, 1.807) is 39.3 Å². The highest BCUT2D eigenvalue weighted by atomic mass is 35.5. The third-order valence-corrected chi connectivity index (χ3v) is 11.4. The lowest BCUT2D eigenvalue weighted by molar-refractivity contribution is -0.0724. The van der Waals surface area contributed by atoms with Crippen LogP contribution in [0.15, 0.2) is 29.1 Å². The Labute approximate surface area is 305 Å². The highest BCUT2D eigenvalue weighted by Gasteiger charge is 2.57. The number of phenolic OH excluding ortho intramolecular Hbond substituents is 2. The number of piperazine rings is 1. The molecule has 1 aromatic heterocycles. The Morgan fingerprint density at radius 1 is 0.942 bits per heavy atom. The molecule has 14 heteroatoms. The van der Waals surface area contributed by atoms with E-state index in [1.165, 1.54) is 20.3 Å². The number of aromatic hydroxyl groups is 2. The van der Waals surface area contributed by atoms with Crippen molar-refractivity contribution in [2.45, 2.75) is 56.9 Å². The molecule has 4 N–H and O–H groups in total. The number of halogens is 1. The minimum atomic E-state index is -0.774. The summed E-state index contributed by atoms with van der Waals surface area (Å²) in [5.74, 6) is 0.940. The van der Waals surface area contributed by atoms with Crippen LogP contribution in [0.2, 0.25) is 5.02 Å². The molecule has 3 aliphatic rings. The number of hydrogen-bond donors (Lipinski definition) is 4. The van der Waals surface area contributed by atoms with E-state index in [0.29, 0.717) is 73.8 Å². The number of methoxy groups -OCH3 is 4. The molecule has 0 saturated carbocycles. The van der Waals surface area contributed by atoms with Crippen molar-refractivity contribution in [1.82, 2.24) is 20.1 Å². The van der Waals surface area contributed by atoms with Crippen molar-refractivity contribution in [2.24, 2.45) is 0 Å². The molecular formula is C38H40ClN5O8. The number of ether oxygens (including phenoxy) is 4. The second-order valence-electron chi connectivity index (χ2n) is 13.5. The van der Waals surface area contributed by atoms with Crippen molar-refractivity contribution < 1.29 is 34.0 Å². The zero-order chi connectivity index (χ0) is 37.3. The number of phenols is 2. The van der Waals surface area contributed by atoms with Crippen LogP contribution >= 0.6 is 11.6 Å². The van der Waals surface area contributed by atoms with Gasteiger partial charge in [0.1, 0.15) is 23.2 Å². The molecule has 52 heavy (non-hydrogen) atoms. The molecule has 0 aliphatic carbocycles. The van der Waals surface area contributed by atoms with Gasteiger partial charge in [-0.3, -0.25) is 19.4 Å². The van der Waals surface area contributed by atoms with Crippen LogP contribution in [0.25, 0.3) is 10.9 Å². The van der Waals surface area contributed by atoms with Crippen molar-refractivity contribution in [3.8, 4) is 40.6 Å². The van der Waals surface area contributed by atoms with Gasteiger partial charge in [0, 0.05) is 68.5 Å². The molecule has 1 saturated heterocycles. The maximum Gasteiger partial charge on any atom is 0.267 e. The fourth-order valence-electron chi connectivity index (χ4n) is 9.05. The molecule has 5 atom stereocenters. The monoisotopic (exact) mass is 729 g/mol. The molecule has 1 fully saturated rings. The topological polar surface area (TPSA) is 170 Å². The number of nitriles is 1. The van der Waals surface area contributed by atoms with Crippen molar-refractivity contribution >= 4 is 28.4 Å². The maximum absolute atomic E-state index is 13.8. The Balaban J connectivity index is 1.41. The summed E-state index contributed by atoms with van der Waals surface area (Å²) in [4.78, 5) is 34.0. The number of nitrogens with one attached hydrogen (secondary N) is 2. The zero-order valence-electron chi connectivity index (χ0n) is 29.9. The number of aromatic nitrogens is 1. The number of pyridine rings is 1. The molecule has 2 bridgehead atoms. The Kier molecular flexibility index (Phi) is 8.89. The Hall–Kier alpha value is -5.16. The molecule has 3 aromatic carbocycles. The van der Waals surface area contributed by atoms with Gasteiger partial charge in [-0.25, -0.2) is 0 Å². The lowest BCUT2D eigenvalue weighted by Crippen LogP contribution is -2.68. The number of hydrogen-bond acceptors (Lipinski definition) is 11. The van der Waals surface area contributed by atoms with Gasteiger partial charge < -0.3 is 39.5 Å². The molecule has 0 radical (unpaired) electrons. The normalized spacial score (nSPS) is 22.1. The van der Waals surface area contributed by atoms with Gasteiger partial charge in [0.15, 0.2) is 28.4 Å². The predicted octanol–water partition coefficient (Wildman–Crippen LogP) is 4.45. The summed E-state index contributed by atoms with van der Waals surface area (Å²) in [6.45, 7) is 3.56. The number of fused-ring (bicyclic) bond motifs is 8. The van der Waals surface area contributed by atoms with Gasteiger partial charge in [-0.1, -0.05) is 11.6 Å². The number of H-pyrrole nitrogens is 1. The van der Waals surface area contributed by atoms with Gasteiger partial charge in [0.2, 0.25) is 0 Å². The smallest absolute Gasteiger partial charge is 0.267 e. The zero-order valence-corrected chi connectivity index (χ0v) is 30.6. The lowest BCUT2D eigenvalue weighted by Gasteiger charge is -2.60. The summed E-state index contributed by atoms with van der Waals surface area (Å²) in [7, 11) is 8.03. The van der Waals surface area contributed by atoms with Gasteiger partial charge in [-0.05, 0) is 51.9 Å². The third kappa shape index (κ3) is 5.03. The lowest BCUT2D eigenvalue weighted by atomic mass is 9.71. The van der Waals surface area contributed by atoms with Gasteiger partial charge in [-0.2, -0.15) is 5.26 Å². The molecule has 4 aromatic rings. The number of rotatable bonds is 7. The molecule has 272 valence electrons. The van der Waals surface area contributed by atoms with Crippen LogP contribution in [0.1, 0.15) is 56.0 Å². The van der Waals surface area contributed by atoms with Crippen LogP contribution in [-0.4, -0.2) is 91.1 Å². The van der Waals surface area contributed by atoms with E-state index in [1.807, 2.05) is 18.9 Å². The average Bonchev–Trinajstić information content (AvgIpc) is 3.11. The number of aromatic amines is 1. The number of benzene rings is 3. The van der Waals surface area contributed by atoms with E-state index in [0.717, 1.165) is 5.56 Å². The number of carbonyl (C=O) groups excluding carboxylic acids is 1. The van der Waals surface area contributed by atoms with E-state index in [2.05, 4.69) is 21.3 Å². The SMILES string of the molecule is COc1c(C)c(OC)c2c(c1O)[C@@H]1[C@@H]3Cc4c(OC)c(C)c(OC)c(O)c4[C@H](CNC(=O)c4cc(=O)c5ccc(Cl)cc5[nH]4)N3[C@@H](C#N)[C@H](C2)N1C. The fourth-order valence-corrected chi connectivity index (χ4v) is 9.22. The van der Waals surface area contributed by atoms with Crippen molar-refractivity contribution in [3.63, 3.8) is 0 Å². The van der Waals surface area contributed by atoms with Crippen molar-refractivity contribution in [1.29, 1.82) is 5.26 Å². The van der Waals surface area contributed by atoms with Gasteiger partial charge in [0.25, 0.3) is 5.91 Å². The van der Waals surface area contributed by atoms with E-state index in [-0.39, 0.29) is 41.0 Å². The first-order valence-electron chi connectivity index (χ1n) is 16.8. The first-order chi connectivity index (χ1) is 24.9. The third-order valence-electron chi connectivity index (χ3n) is 11.2. The molecule has 4 heterocycles. The first kappa shape index (κ1) is 35.3. The molecule has 7 rings (SSSR count). The van der Waals surface area contributed by atoms with Crippen LogP contribution in [0, 0.1) is 25.2 Å². The molecule has 0 spiro atoms. The summed E-state index contributed by atoms with van der Waals surface area (Å²) in [5.41, 5.74) is 3.93. The van der Waals surface area contributed by atoms with E-state index in [9.17, 15) is 25.1 Å². The molecular weight excluding hydrogens is 690 g/mol. The molecule has 3 aliphatic heterocycles. The Bertz CT molecular complexity index is 2250. The quantitative estimate of drug-likeness (QED) is 0.212. The predicted molar refractivity (Wildman–Crippen MR) is 193 cm³/mol. The molecule has 1 amide bonds. The summed E-state index contributed by atoms with van der Waals surface area (Å²) in [6.07, 6.45) is 0.697. The van der Waals surface area contributed by atoms with Gasteiger partial charge >= 0.3 is 0 Å². The van der Waals surface area contributed by atoms with E-state index >= 15 is 0 Å². The molecule has 13 nitrogen and oxygen atoms in total. The number of likely N-dealkylation sites (N-methyl/N-ethyl adjacent to an activating group) is 1. The minimum absolute atomic E-state index is 0.00167. The largest absolute Gasteiger partial charge is 0.504 e. The highest BCUT2D eigenvalue weighted by molar-refractivity contribution is 6.31. The van der Waals surface area contributed by atoms with Crippen molar-refractivity contribution in [2.75, 3.05) is 42.0 Å². The Morgan fingerprint density at radius 2 is 1.52 bits per heavy atom. The van der Waals surface area contributed by atoms with Crippen LogP contribution < -0.4 is 29.7 Å². The second-order valence-corrected chi connectivity index (χ2v) is 13.9. The van der Waals surface area contributed by atoms with Gasteiger partial charge in [-0.15, -0.1) is 0 Å². The average molecular weight is 730 g/mol. The molecule has 0 unspecified atom stereocenters. The standard InChI is InChI=1S/C38H40ClN5O8/c1-16-34(49-4)20-12-25-31-30-21(35(50-5)17(2)37(52-7)33(30)47)11-24(43(31)3)26(14-40)44(25)27(29(20)32(46)36(16)51-6)15-41-38(48)23-13-28(45)19-9-8-18(39)10-22(19)42-23/h8-10,13,24-27,31,46-47H,11-12,15H2,1-7H3,(H,41,48)(H,42,45)/t24-,25-,26-,27-,31-/m0/s1. The fraction of sp³-hybridized carbons (Fsp3) is 0.395. The van der Waals surface area contributed by atoms with Crippen LogP contribution in [0.5, 0.6) is 34.5 Å². The van der Waals surface area contributed by atoms with E-state index < -0.39 is 30.1 Å². The summed E-state index contributed by atoms with van der Waals surface area (Å²) in [5, 5.41) is 38.5. The number of amides is 1. The van der Waals surface area contributed by atoms with Crippen molar-refractivity contribution in [3.05, 3.63) is 78.6 Å². The minimum Gasteiger partial charge on any atom is -0.504 e. The van der Waals surface area contributed by atoms with Gasteiger partial charge in [0.05, 0.1) is 52.1 Å². The second kappa shape index (κ2) is 13.1. The van der Waals surface area contributed by atoms with Crippen LogP contribution in [0.3, 0.4) is 0 Å². The first-order valence-corrected chi connectivity index (χ1v) is 17.2. The number of carbonyl (C=O) groups is 1. The highest BCUT2D eigenvalue weighted by Crippen LogP contribution is 2.58. The van der Waals surface area contributed by atoms with E-state index in [4.69, 9.17) is 30.5 Å². The summed E-state index contributed by atoms with van der Waals surface area (Å²) < 4.78 is 23.3. The Morgan fingerprint density at radius 3 is 2.12 bits per heavy atom. The maximum atomic E-state index is 13.8. The summed E-state index contributed by atoms with van der Waals surface area (Å²) in [6, 6.07) is 5.76. The van der Waals surface area contributed by atoms with Crippen LogP contribution in [-0.2, 0) is 12.8 Å². The number of nitrogens with zero attached hydrogens (tertiary/aromatic N) is 3. The summed E-state index contributed by atoms with van der Waals surface area (Å²) >= 11 is 6.18. The van der Waals surface area contributed by atoms with Crippen LogP contribution in [0.4, 0.5) is 0 Å².